The fourth-order valence-electron chi connectivity index (χ4n) is 7.68. The first-order valence-corrected chi connectivity index (χ1v) is 11.3. The zero-order valence-electron chi connectivity index (χ0n) is 17.9. The van der Waals surface area contributed by atoms with Crippen molar-refractivity contribution in [3.63, 3.8) is 0 Å². The SMILES string of the molecule is C=CN(CC(=O)C1CCC2C3CCC4CC(C)CCC4(C)C3=CCC12C)N=N. The molecule has 4 nitrogen and oxygen atoms in total. The third kappa shape index (κ3) is 2.90. The Hall–Kier alpha value is -1.45. The molecule has 0 aromatic rings. The van der Waals surface area contributed by atoms with Crippen LogP contribution in [-0.2, 0) is 4.79 Å². The Morgan fingerprint density at radius 1 is 1.32 bits per heavy atom. The lowest BCUT2D eigenvalue weighted by molar-refractivity contribution is -0.127. The van der Waals surface area contributed by atoms with Crippen molar-refractivity contribution in [1.29, 1.82) is 5.53 Å². The number of Topliss-reactive ketones (excluding diaryl/α,β-unsaturated/α-hetero) is 1. The Kier molecular flexibility index (Phi) is 5.04. The first-order chi connectivity index (χ1) is 13.3. The van der Waals surface area contributed by atoms with Crippen LogP contribution in [0.15, 0.2) is 29.7 Å². The second-order valence-electron chi connectivity index (χ2n) is 10.6. The number of ketones is 1. The smallest absolute Gasteiger partial charge is 0.157 e. The average molecular weight is 384 g/mol. The first-order valence-electron chi connectivity index (χ1n) is 11.3. The molecule has 0 saturated heterocycles. The Bertz CT molecular complexity index is 692. The van der Waals surface area contributed by atoms with Gasteiger partial charge >= 0.3 is 0 Å². The van der Waals surface area contributed by atoms with Crippen LogP contribution in [0.5, 0.6) is 0 Å². The predicted molar refractivity (Wildman–Crippen MR) is 111 cm³/mol. The van der Waals surface area contributed by atoms with Crippen molar-refractivity contribution in [2.24, 2.45) is 45.6 Å². The summed E-state index contributed by atoms with van der Waals surface area (Å²) in [4.78, 5) is 13.1. The highest BCUT2D eigenvalue weighted by molar-refractivity contribution is 5.84. The number of nitrogens with one attached hydrogen (secondary N) is 1. The molecule has 0 heterocycles. The lowest BCUT2D eigenvalue weighted by atomic mass is 9.48. The number of carbonyl (C=O) groups is 1. The molecular weight excluding hydrogens is 346 g/mol. The van der Waals surface area contributed by atoms with Gasteiger partial charge in [0.1, 0.15) is 6.54 Å². The van der Waals surface area contributed by atoms with Crippen LogP contribution in [0.4, 0.5) is 0 Å². The number of allylic oxidation sites excluding steroid dienone is 2. The maximum Gasteiger partial charge on any atom is 0.157 e. The van der Waals surface area contributed by atoms with Crippen LogP contribution < -0.4 is 0 Å². The summed E-state index contributed by atoms with van der Waals surface area (Å²) in [6.07, 6.45) is 14.1. The van der Waals surface area contributed by atoms with Crippen LogP contribution in [0.25, 0.3) is 0 Å². The number of rotatable bonds is 5. The summed E-state index contributed by atoms with van der Waals surface area (Å²) >= 11 is 0. The van der Waals surface area contributed by atoms with Crippen LogP contribution in [0, 0.1) is 46.0 Å². The molecule has 4 aliphatic rings. The Labute approximate surface area is 170 Å². The minimum Gasteiger partial charge on any atom is -0.297 e. The Morgan fingerprint density at radius 2 is 2.11 bits per heavy atom. The normalized spacial score (nSPS) is 44.5. The lowest BCUT2D eigenvalue weighted by Crippen LogP contribution is -2.48. The minimum absolute atomic E-state index is 0.0747. The van der Waals surface area contributed by atoms with Crippen LogP contribution >= 0.6 is 0 Å². The largest absolute Gasteiger partial charge is 0.297 e. The van der Waals surface area contributed by atoms with Crippen LogP contribution in [0.3, 0.4) is 0 Å². The van der Waals surface area contributed by atoms with E-state index in [9.17, 15) is 4.79 Å². The summed E-state index contributed by atoms with van der Waals surface area (Å²) < 4.78 is 0. The van der Waals surface area contributed by atoms with Gasteiger partial charge in [-0.2, -0.15) is 5.53 Å². The minimum atomic E-state index is 0.0747. The number of carbonyl (C=O) groups excluding carboxylic acids is 1. The summed E-state index contributed by atoms with van der Waals surface area (Å²) in [5, 5.41) is 4.76. The molecular formula is C24H37N3O. The van der Waals surface area contributed by atoms with Gasteiger partial charge in [0.15, 0.2) is 5.78 Å². The molecule has 1 N–H and O–H groups in total. The van der Waals surface area contributed by atoms with Crippen molar-refractivity contribution in [3.05, 3.63) is 24.4 Å². The summed E-state index contributed by atoms with van der Waals surface area (Å²) in [5.74, 6) is 3.40. The molecule has 3 fully saturated rings. The second kappa shape index (κ2) is 7.11. The standard InChI is InChI=1S/C24H37N3O/c1-5-27(26-25)15-22(28)21-9-8-19-18-7-6-17-14-16(2)10-12-23(17,3)20(18)11-13-24(19,21)4/h5,11,16-19,21,25H,1,6-10,12-15H2,2-4H3. The number of fused-ring (bicyclic) bond motifs is 5. The van der Waals surface area contributed by atoms with E-state index in [1.807, 2.05) is 0 Å². The van der Waals surface area contributed by atoms with Gasteiger partial charge in [-0.15, -0.1) is 0 Å². The molecule has 0 bridgehead atoms. The fourth-order valence-corrected chi connectivity index (χ4v) is 7.68. The fraction of sp³-hybridized carbons (Fsp3) is 0.792. The van der Waals surface area contributed by atoms with Crippen molar-refractivity contribution >= 4 is 5.78 Å². The molecule has 154 valence electrons. The third-order valence-electron chi connectivity index (χ3n) is 9.33. The summed E-state index contributed by atoms with van der Waals surface area (Å²) in [6, 6.07) is 0. The maximum atomic E-state index is 13.1. The van der Waals surface area contributed by atoms with Crippen LogP contribution in [-0.4, -0.2) is 17.3 Å². The maximum absolute atomic E-state index is 13.1. The molecule has 7 unspecified atom stereocenters. The van der Waals surface area contributed by atoms with E-state index in [0.29, 0.717) is 17.3 Å². The quantitative estimate of drug-likeness (QED) is 0.351. The van der Waals surface area contributed by atoms with E-state index in [2.05, 4.69) is 38.6 Å². The van der Waals surface area contributed by atoms with Crippen molar-refractivity contribution in [2.75, 3.05) is 6.54 Å². The highest BCUT2D eigenvalue weighted by Gasteiger charge is 2.58. The average Bonchev–Trinajstić information content (AvgIpc) is 3.04. The van der Waals surface area contributed by atoms with E-state index < -0.39 is 0 Å². The van der Waals surface area contributed by atoms with E-state index in [1.165, 1.54) is 49.7 Å². The highest BCUT2D eigenvalue weighted by Crippen LogP contribution is 2.65. The molecule has 0 spiro atoms. The van der Waals surface area contributed by atoms with Gasteiger partial charge in [0.05, 0.1) is 0 Å². The van der Waals surface area contributed by atoms with Gasteiger partial charge in [0.2, 0.25) is 0 Å². The van der Waals surface area contributed by atoms with E-state index in [1.54, 1.807) is 5.57 Å². The third-order valence-corrected chi connectivity index (χ3v) is 9.33. The van der Waals surface area contributed by atoms with Crippen molar-refractivity contribution < 1.29 is 4.79 Å². The van der Waals surface area contributed by atoms with E-state index in [0.717, 1.165) is 24.7 Å². The van der Waals surface area contributed by atoms with Crippen molar-refractivity contribution in [2.45, 2.75) is 72.1 Å². The highest BCUT2D eigenvalue weighted by atomic mass is 16.1. The molecule has 0 amide bonds. The molecule has 3 saturated carbocycles. The topological polar surface area (TPSA) is 56.5 Å². The number of hydrogen-bond acceptors (Lipinski definition) is 3. The van der Waals surface area contributed by atoms with E-state index >= 15 is 0 Å². The van der Waals surface area contributed by atoms with E-state index in [-0.39, 0.29) is 23.7 Å². The van der Waals surface area contributed by atoms with E-state index in [4.69, 9.17) is 5.53 Å². The molecule has 0 radical (unpaired) electrons. The zero-order chi connectivity index (χ0) is 20.1. The molecule has 0 aromatic carbocycles. The first kappa shape index (κ1) is 19.8. The molecule has 0 aliphatic heterocycles. The van der Waals surface area contributed by atoms with Gasteiger partial charge in [-0.1, -0.05) is 44.2 Å². The molecule has 28 heavy (non-hydrogen) atoms. The molecule has 4 aliphatic carbocycles. The predicted octanol–water partition coefficient (Wildman–Crippen LogP) is 6.16. The monoisotopic (exact) mass is 383 g/mol. The van der Waals surface area contributed by atoms with Gasteiger partial charge in [-0.3, -0.25) is 4.79 Å². The number of hydrogen-bond donors (Lipinski definition) is 1. The van der Waals surface area contributed by atoms with Gasteiger partial charge in [0, 0.05) is 12.1 Å². The summed E-state index contributed by atoms with van der Waals surface area (Å²) in [7, 11) is 0. The van der Waals surface area contributed by atoms with Gasteiger partial charge in [-0.05, 0) is 85.9 Å². The Morgan fingerprint density at radius 3 is 2.82 bits per heavy atom. The summed E-state index contributed by atoms with van der Waals surface area (Å²) in [5.41, 5.74) is 9.46. The van der Waals surface area contributed by atoms with Crippen LogP contribution in [0.1, 0.15) is 72.1 Å². The van der Waals surface area contributed by atoms with Gasteiger partial charge < -0.3 is 0 Å². The zero-order valence-corrected chi connectivity index (χ0v) is 17.9. The molecule has 0 aromatic heterocycles. The number of nitrogens with zero attached hydrogens (tertiary/aromatic N) is 2. The van der Waals surface area contributed by atoms with Gasteiger partial charge in [0.25, 0.3) is 0 Å². The van der Waals surface area contributed by atoms with Crippen molar-refractivity contribution in [1.82, 2.24) is 5.01 Å². The van der Waals surface area contributed by atoms with Crippen LogP contribution in [0.2, 0.25) is 0 Å². The summed E-state index contributed by atoms with van der Waals surface area (Å²) in [6.45, 7) is 11.2. The molecule has 7 atom stereocenters. The van der Waals surface area contributed by atoms with Crippen molar-refractivity contribution in [3.8, 4) is 0 Å². The Balaban J connectivity index is 1.58. The lowest BCUT2D eigenvalue weighted by Gasteiger charge is -2.57. The molecule has 4 rings (SSSR count). The second-order valence-corrected chi connectivity index (χ2v) is 10.6. The molecule has 4 heteroatoms. The van der Waals surface area contributed by atoms with Gasteiger partial charge in [-0.25, -0.2) is 5.01 Å².